The van der Waals surface area contributed by atoms with Gasteiger partial charge >= 0.3 is 12.0 Å². The van der Waals surface area contributed by atoms with Crippen LogP contribution in [0.5, 0.6) is 0 Å². The molecule has 1 heterocycles. The van der Waals surface area contributed by atoms with Crippen LogP contribution in [0.4, 0.5) is 4.79 Å². The Bertz CT molecular complexity index is 339. The molecule has 1 aliphatic heterocycles. The average molecular weight is 300 g/mol. The highest BCUT2D eigenvalue weighted by Crippen LogP contribution is 2.25. The van der Waals surface area contributed by atoms with Gasteiger partial charge in [-0.05, 0) is 37.0 Å². The number of hydrogen-bond donors (Lipinski definition) is 3. The van der Waals surface area contributed by atoms with E-state index in [2.05, 4.69) is 10.6 Å². The van der Waals surface area contributed by atoms with Gasteiger partial charge in [0, 0.05) is 26.1 Å². The number of carbonyl (C=O) groups excluding carboxylic acids is 1. The molecule has 0 aromatic heterocycles. The van der Waals surface area contributed by atoms with Gasteiger partial charge in [0.1, 0.15) is 0 Å². The Morgan fingerprint density at radius 1 is 1.29 bits per heavy atom. The molecule has 0 aromatic rings. The number of aliphatic carboxylic acids is 1. The zero-order valence-electron chi connectivity index (χ0n) is 13.1. The van der Waals surface area contributed by atoms with E-state index in [1.165, 1.54) is 0 Å². The number of amides is 2. The molecule has 1 rings (SSSR count). The van der Waals surface area contributed by atoms with Crippen molar-refractivity contribution in [3.63, 3.8) is 0 Å². The SMILES string of the molecule is CC(C)(CCNC(=O)NCC1CCCOC1)CCC(=O)O. The van der Waals surface area contributed by atoms with Crippen molar-refractivity contribution in [2.45, 2.75) is 46.0 Å². The Labute approximate surface area is 126 Å². The number of hydrogen-bond acceptors (Lipinski definition) is 3. The van der Waals surface area contributed by atoms with Crippen LogP contribution in [0.15, 0.2) is 0 Å². The summed E-state index contributed by atoms with van der Waals surface area (Å²) in [5.41, 5.74) is -0.0805. The molecule has 1 saturated heterocycles. The summed E-state index contributed by atoms with van der Waals surface area (Å²) in [6.45, 7) is 6.80. The van der Waals surface area contributed by atoms with Crippen LogP contribution in [0, 0.1) is 11.3 Å². The zero-order valence-corrected chi connectivity index (χ0v) is 13.1. The Kier molecular flexibility index (Phi) is 7.50. The number of nitrogens with one attached hydrogen (secondary N) is 2. The maximum atomic E-state index is 11.7. The molecule has 0 bridgehead atoms. The molecule has 6 nitrogen and oxygen atoms in total. The van der Waals surface area contributed by atoms with Crippen LogP contribution in [0.3, 0.4) is 0 Å². The van der Waals surface area contributed by atoms with Gasteiger partial charge in [0.25, 0.3) is 0 Å². The van der Waals surface area contributed by atoms with Crippen LogP contribution in [0.25, 0.3) is 0 Å². The van der Waals surface area contributed by atoms with Crippen molar-refractivity contribution >= 4 is 12.0 Å². The Morgan fingerprint density at radius 3 is 2.67 bits per heavy atom. The van der Waals surface area contributed by atoms with Gasteiger partial charge in [0.2, 0.25) is 0 Å². The van der Waals surface area contributed by atoms with Crippen LogP contribution in [-0.2, 0) is 9.53 Å². The molecular weight excluding hydrogens is 272 g/mol. The summed E-state index contributed by atoms with van der Waals surface area (Å²) in [6, 6.07) is -0.158. The number of carboxylic acids is 1. The highest BCUT2D eigenvalue weighted by molar-refractivity contribution is 5.73. The molecule has 1 aliphatic rings. The summed E-state index contributed by atoms with van der Waals surface area (Å²) in [7, 11) is 0. The Balaban J connectivity index is 2.10. The van der Waals surface area contributed by atoms with Gasteiger partial charge in [0.15, 0.2) is 0 Å². The van der Waals surface area contributed by atoms with Crippen molar-refractivity contribution < 1.29 is 19.4 Å². The van der Waals surface area contributed by atoms with E-state index >= 15 is 0 Å². The first kappa shape index (κ1) is 17.8. The normalized spacial score (nSPS) is 19.0. The third kappa shape index (κ3) is 8.55. The maximum Gasteiger partial charge on any atom is 0.314 e. The first-order chi connectivity index (χ1) is 9.89. The fourth-order valence-electron chi connectivity index (χ4n) is 2.35. The van der Waals surface area contributed by atoms with Crippen LogP contribution in [0.1, 0.15) is 46.0 Å². The maximum absolute atomic E-state index is 11.7. The van der Waals surface area contributed by atoms with E-state index in [1.54, 1.807) is 0 Å². The Hall–Kier alpha value is -1.30. The van der Waals surface area contributed by atoms with Crippen molar-refractivity contribution in [2.75, 3.05) is 26.3 Å². The molecule has 1 fully saturated rings. The number of urea groups is 1. The fraction of sp³-hybridized carbons (Fsp3) is 0.867. The lowest BCUT2D eigenvalue weighted by Crippen LogP contribution is -2.41. The highest BCUT2D eigenvalue weighted by atomic mass is 16.5. The quantitative estimate of drug-likeness (QED) is 0.640. The van der Waals surface area contributed by atoms with Crippen molar-refractivity contribution in [1.29, 1.82) is 0 Å². The number of carbonyl (C=O) groups is 2. The second-order valence-electron chi connectivity index (χ2n) is 6.53. The molecule has 0 radical (unpaired) electrons. The summed E-state index contributed by atoms with van der Waals surface area (Å²) in [5.74, 6) is -0.361. The molecular formula is C15H28N2O4. The minimum Gasteiger partial charge on any atom is -0.481 e. The van der Waals surface area contributed by atoms with E-state index in [0.717, 1.165) is 32.5 Å². The molecule has 122 valence electrons. The Morgan fingerprint density at radius 2 is 2.05 bits per heavy atom. The van der Waals surface area contributed by atoms with Crippen molar-refractivity contribution in [2.24, 2.45) is 11.3 Å². The third-order valence-electron chi connectivity index (χ3n) is 3.91. The van der Waals surface area contributed by atoms with Crippen molar-refractivity contribution in [1.82, 2.24) is 10.6 Å². The first-order valence-electron chi connectivity index (χ1n) is 7.70. The smallest absolute Gasteiger partial charge is 0.314 e. The lowest BCUT2D eigenvalue weighted by Gasteiger charge is -2.24. The van der Waals surface area contributed by atoms with E-state index in [4.69, 9.17) is 9.84 Å². The van der Waals surface area contributed by atoms with Crippen LogP contribution in [0.2, 0.25) is 0 Å². The first-order valence-corrected chi connectivity index (χ1v) is 7.70. The highest BCUT2D eigenvalue weighted by Gasteiger charge is 2.19. The zero-order chi connectivity index (χ0) is 15.7. The van der Waals surface area contributed by atoms with Gasteiger partial charge in [-0.25, -0.2) is 4.79 Å². The molecule has 0 aliphatic carbocycles. The predicted molar refractivity (Wildman–Crippen MR) is 80.2 cm³/mol. The molecule has 1 atom stereocenters. The second kappa shape index (κ2) is 8.87. The van der Waals surface area contributed by atoms with Crippen molar-refractivity contribution in [3.8, 4) is 0 Å². The number of ether oxygens (including phenoxy) is 1. The van der Waals surface area contributed by atoms with Crippen LogP contribution >= 0.6 is 0 Å². The molecule has 1 unspecified atom stereocenters. The average Bonchev–Trinajstić information content (AvgIpc) is 2.44. The van der Waals surface area contributed by atoms with Gasteiger partial charge in [0.05, 0.1) is 6.61 Å². The van der Waals surface area contributed by atoms with E-state index in [9.17, 15) is 9.59 Å². The van der Waals surface area contributed by atoms with Gasteiger partial charge in [-0.1, -0.05) is 13.8 Å². The summed E-state index contributed by atoms with van der Waals surface area (Å²) >= 11 is 0. The molecule has 0 spiro atoms. The molecule has 0 aromatic carbocycles. The minimum absolute atomic E-state index is 0.0805. The third-order valence-corrected chi connectivity index (χ3v) is 3.91. The molecule has 0 saturated carbocycles. The number of rotatable bonds is 8. The summed E-state index contributed by atoms with van der Waals surface area (Å²) < 4.78 is 5.37. The lowest BCUT2D eigenvalue weighted by molar-refractivity contribution is -0.137. The lowest BCUT2D eigenvalue weighted by atomic mass is 9.84. The molecule has 21 heavy (non-hydrogen) atoms. The van der Waals surface area contributed by atoms with E-state index in [0.29, 0.717) is 25.4 Å². The van der Waals surface area contributed by atoms with Crippen LogP contribution in [-0.4, -0.2) is 43.4 Å². The summed E-state index contributed by atoms with van der Waals surface area (Å²) in [4.78, 5) is 22.3. The van der Waals surface area contributed by atoms with E-state index in [-0.39, 0.29) is 17.9 Å². The monoisotopic (exact) mass is 300 g/mol. The van der Waals surface area contributed by atoms with E-state index in [1.807, 2.05) is 13.8 Å². The van der Waals surface area contributed by atoms with Gasteiger partial charge < -0.3 is 20.5 Å². The standard InChI is InChI=1S/C15H28N2O4/c1-15(2,6-5-13(18)19)7-8-16-14(20)17-10-12-4-3-9-21-11-12/h12H,3-11H2,1-2H3,(H,18,19)(H2,16,17,20). The summed E-state index contributed by atoms with van der Waals surface area (Å²) in [5, 5.41) is 14.4. The van der Waals surface area contributed by atoms with E-state index < -0.39 is 5.97 Å². The van der Waals surface area contributed by atoms with Gasteiger partial charge in [-0.15, -0.1) is 0 Å². The fourth-order valence-corrected chi connectivity index (χ4v) is 2.35. The largest absolute Gasteiger partial charge is 0.481 e. The number of carboxylic acid groups (broad SMARTS) is 1. The topological polar surface area (TPSA) is 87.7 Å². The molecule has 2 amide bonds. The predicted octanol–water partition coefficient (Wildman–Crippen LogP) is 1.99. The second-order valence-corrected chi connectivity index (χ2v) is 6.53. The van der Waals surface area contributed by atoms with Gasteiger partial charge in [-0.3, -0.25) is 4.79 Å². The molecule has 6 heteroatoms. The van der Waals surface area contributed by atoms with Crippen molar-refractivity contribution in [3.05, 3.63) is 0 Å². The minimum atomic E-state index is -0.775. The molecule has 3 N–H and O–H groups in total. The van der Waals surface area contributed by atoms with Crippen LogP contribution < -0.4 is 10.6 Å². The van der Waals surface area contributed by atoms with Gasteiger partial charge in [-0.2, -0.15) is 0 Å². The summed E-state index contributed by atoms with van der Waals surface area (Å²) in [6.07, 6.45) is 3.71.